The summed E-state index contributed by atoms with van der Waals surface area (Å²) in [6.45, 7) is 3.41. The van der Waals surface area contributed by atoms with Gasteiger partial charge >= 0.3 is 0 Å². The van der Waals surface area contributed by atoms with Gasteiger partial charge < -0.3 is 4.74 Å². The van der Waals surface area contributed by atoms with Crippen LogP contribution in [0.3, 0.4) is 0 Å². The summed E-state index contributed by atoms with van der Waals surface area (Å²) < 4.78 is 7.73. The quantitative estimate of drug-likeness (QED) is 0.177. The monoisotopic (exact) mass is 412 g/mol. The Bertz CT molecular complexity index is 681. The SMILES string of the molecule is CCCCCCCCCCCCCCCCCC[n+]1cccc2cc(OC)ccc21. The van der Waals surface area contributed by atoms with Gasteiger partial charge in [0.25, 0.3) is 0 Å². The van der Waals surface area contributed by atoms with E-state index >= 15 is 0 Å². The molecule has 2 nitrogen and oxygen atoms in total. The number of nitrogens with zero attached hydrogens (tertiary/aromatic N) is 1. The second kappa shape index (κ2) is 16.2. The fourth-order valence-electron chi connectivity index (χ4n) is 4.41. The lowest BCUT2D eigenvalue weighted by molar-refractivity contribution is -0.671. The van der Waals surface area contributed by atoms with Crippen LogP contribution in [-0.4, -0.2) is 7.11 Å². The second-order valence-electron chi connectivity index (χ2n) is 8.93. The summed E-state index contributed by atoms with van der Waals surface area (Å²) in [5, 5.41) is 1.26. The predicted octanol–water partition coefficient (Wildman–Crippen LogP) is 8.40. The second-order valence-corrected chi connectivity index (χ2v) is 8.93. The molecule has 0 saturated carbocycles. The van der Waals surface area contributed by atoms with Crippen molar-refractivity contribution in [1.29, 1.82) is 0 Å². The van der Waals surface area contributed by atoms with E-state index in [0.717, 1.165) is 12.3 Å². The first-order valence-corrected chi connectivity index (χ1v) is 12.8. The summed E-state index contributed by atoms with van der Waals surface area (Å²) in [5.74, 6) is 0.933. The minimum Gasteiger partial charge on any atom is -0.497 e. The van der Waals surface area contributed by atoms with E-state index in [0.29, 0.717) is 0 Å². The Labute approximate surface area is 186 Å². The van der Waals surface area contributed by atoms with Crippen LogP contribution in [0.15, 0.2) is 36.5 Å². The van der Waals surface area contributed by atoms with Gasteiger partial charge in [0.2, 0.25) is 5.52 Å². The third-order valence-electron chi connectivity index (χ3n) is 6.34. The maximum absolute atomic E-state index is 5.35. The Kier molecular flexibility index (Phi) is 13.3. The van der Waals surface area contributed by atoms with Gasteiger partial charge in [-0.25, -0.2) is 0 Å². The Balaban J connectivity index is 1.43. The van der Waals surface area contributed by atoms with Crippen LogP contribution in [0.25, 0.3) is 10.9 Å². The minimum absolute atomic E-state index is 0.933. The molecule has 1 aromatic heterocycles. The molecule has 1 aromatic carbocycles. The maximum Gasteiger partial charge on any atom is 0.212 e. The van der Waals surface area contributed by atoms with E-state index in [1.807, 2.05) is 0 Å². The van der Waals surface area contributed by atoms with Crippen molar-refractivity contribution in [3.05, 3.63) is 36.5 Å². The van der Waals surface area contributed by atoms with E-state index in [1.54, 1.807) is 7.11 Å². The van der Waals surface area contributed by atoms with Gasteiger partial charge in [0.15, 0.2) is 6.20 Å². The first-order chi connectivity index (χ1) is 14.8. The Morgan fingerprint density at radius 2 is 1.20 bits per heavy atom. The fraction of sp³-hybridized carbons (Fsp3) is 0.679. The molecular weight excluding hydrogens is 366 g/mol. The molecule has 2 heteroatoms. The van der Waals surface area contributed by atoms with E-state index in [-0.39, 0.29) is 0 Å². The molecule has 0 spiro atoms. The van der Waals surface area contributed by atoms with Gasteiger partial charge in [0.1, 0.15) is 12.3 Å². The van der Waals surface area contributed by atoms with E-state index < -0.39 is 0 Å². The third-order valence-corrected chi connectivity index (χ3v) is 6.34. The molecule has 0 unspecified atom stereocenters. The number of rotatable bonds is 18. The van der Waals surface area contributed by atoms with Crippen LogP contribution in [0.5, 0.6) is 5.75 Å². The molecule has 168 valence electrons. The highest BCUT2D eigenvalue weighted by Crippen LogP contribution is 2.18. The average Bonchev–Trinajstić information content (AvgIpc) is 2.78. The third kappa shape index (κ3) is 9.96. The van der Waals surface area contributed by atoms with Crippen molar-refractivity contribution in [2.45, 2.75) is 116 Å². The van der Waals surface area contributed by atoms with Crippen LogP contribution < -0.4 is 9.30 Å². The number of hydrogen-bond acceptors (Lipinski definition) is 1. The van der Waals surface area contributed by atoms with Crippen LogP contribution in [0, 0.1) is 0 Å². The van der Waals surface area contributed by atoms with E-state index in [2.05, 4.69) is 48.0 Å². The van der Waals surface area contributed by atoms with Gasteiger partial charge in [-0.15, -0.1) is 0 Å². The molecule has 1 heterocycles. The van der Waals surface area contributed by atoms with Gasteiger partial charge in [-0.1, -0.05) is 96.8 Å². The molecule has 0 aliphatic carbocycles. The zero-order chi connectivity index (χ0) is 21.3. The first-order valence-electron chi connectivity index (χ1n) is 12.8. The number of unbranched alkanes of at least 4 members (excludes halogenated alkanes) is 15. The molecule has 2 aromatic rings. The molecule has 0 aliphatic rings. The number of benzene rings is 1. The lowest BCUT2D eigenvalue weighted by atomic mass is 10.0. The van der Waals surface area contributed by atoms with Crippen molar-refractivity contribution in [3.8, 4) is 5.75 Å². The molecule has 0 radical (unpaired) electrons. The van der Waals surface area contributed by atoms with Gasteiger partial charge in [0.05, 0.1) is 12.5 Å². The van der Waals surface area contributed by atoms with E-state index in [4.69, 9.17) is 4.74 Å². The number of methoxy groups -OCH3 is 1. The summed E-state index contributed by atoms with van der Waals surface area (Å²) in [6, 6.07) is 10.7. The van der Waals surface area contributed by atoms with Crippen LogP contribution in [-0.2, 0) is 6.54 Å². The minimum atomic E-state index is 0.933. The van der Waals surface area contributed by atoms with Crippen molar-refractivity contribution in [3.63, 3.8) is 0 Å². The Morgan fingerprint density at radius 3 is 1.73 bits per heavy atom. The fourth-order valence-corrected chi connectivity index (χ4v) is 4.41. The smallest absolute Gasteiger partial charge is 0.212 e. The van der Waals surface area contributed by atoms with Crippen molar-refractivity contribution in [1.82, 2.24) is 0 Å². The van der Waals surface area contributed by atoms with Crippen LogP contribution >= 0.6 is 0 Å². The number of fused-ring (bicyclic) bond motifs is 1. The lowest BCUT2D eigenvalue weighted by Crippen LogP contribution is -2.33. The molecule has 0 N–H and O–H groups in total. The number of aromatic nitrogens is 1. The molecule has 0 fully saturated rings. The zero-order valence-corrected chi connectivity index (χ0v) is 19.8. The predicted molar refractivity (Wildman–Crippen MR) is 130 cm³/mol. The largest absolute Gasteiger partial charge is 0.497 e. The van der Waals surface area contributed by atoms with Gasteiger partial charge in [-0.3, -0.25) is 0 Å². The highest BCUT2D eigenvalue weighted by atomic mass is 16.5. The van der Waals surface area contributed by atoms with Crippen molar-refractivity contribution < 1.29 is 9.30 Å². The molecule has 0 bridgehead atoms. The van der Waals surface area contributed by atoms with Crippen molar-refractivity contribution in [2.75, 3.05) is 7.11 Å². The standard InChI is InChI=1S/C28H46NO/c1-3-4-5-6-7-8-9-10-11-12-13-14-15-16-17-18-23-29-24-19-20-26-25-27(30-2)21-22-28(26)29/h19-22,24-25H,3-18,23H2,1-2H3/q+1. The molecule has 0 saturated heterocycles. The lowest BCUT2D eigenvalue weighted by Gasteiger charge is -2.05. The molecular formula is C28H46NO+. The van der Waals surface area contributed by atoms with Crippen LogP contribution in [0.2, 0.25) is 0 Å². The number of hydrogen-bond donors (Lipinski definition) is 0. The maximum atomic E-state index is 5.35. The average molecular weight is 413 g/mol. The zero-order valence-electron chi connectivity index (χ0n) is 19.8. The van der Waals surface area contributed by atoms with Gasteiger partial charge in [-0.05, 0) is 24.6 Å². The van der Waals surface area contributed by atoms with E-state index in [1.165, 1.54) is 114 Å². The molecule has 2 rings (SSSR count). The number of ether oxygens (including phenoxy) is 1. The van der Waals surface area contributed by atoms with Gasteiger partial charge in [-0.2, -0.15) is 4.57 Å². The van der Waals surface area contributed by atoms with Crippen molar-refractivity contribution in [2.24, 2.45) is 0 Å². The topological polar surface area (TPSA) is 13.1 Å². The number of aryl methyl sites for hydroxylation is 1. The highest BCUT2D eigenvalue weighted by molar-refractivity contribution is 5.77. The van der Waals surface area contributed by atoms with Crippen LogP contribution in [0.4, 0.5) is 0 Å². The number of pyridine rings is 1. The summed E-state index contributed by atoms with van der Waals surface area (Å²) in [6.07, 6.45) is 24.9. The molecule has 0 aliphatic heterocycles. The molecule has 0 amide bonds. The highest BCUT2D eigenvalue weighted by Gasteiger charge is 2.08. The summed E-state index contributed by atoms with van der Waals surface area (Å²) in [7, 11) is 1.73. The first kappa shape index (κ1) is 24.7. The van der Waals surface area contributed by atoms with Crippen molar-refractivity contribution >= 4 is 10.9 Å². The summed E-state index contributed by atoms with van der Waals surface area (Å²) in [5.41, 5.74) is 1.30. The van der Waals surface area contributed by atoms with E-state index in [9.17, 15) is 0 Å². The Hall–Kier alpha value is -1.57. The molecule has 30 heavy (non-hydrogen) atoms. The van der Waals surface area contributed by atoms with Crippen LogP contribution in [0.1, 0.15) is 110 Å². The normalized spacial score (nSPS) is 11.3. The van der Waals surface area contributed by atoms with Gasteiger partial charge in [0, 0.05) is 18.6 Å². The summed E-state index contributed by atoms with van der Waals surface area (Å²) in [4.78, 5) is 0. The molecule has 0 atom stereocenters. The summed E-state index contributed by atoms with van der Waals surface area (Å²) >= 11 is 0. The Morgan fingerprint density at radius 1 is 0.667 bits per heavy atom.